The molecule has 0 aliphatic carbocycles. The van der Waals surface area contributed by atoms with Gasteiger partial charge in [-0.2, -0.15) is 0 Å². The zero-order valence-electron chi connectivity index (χ0n) is 23.9. The number of benzene rings is 2. The lowest BCUT2D eigenvalue weighted by Crippen LogP contribution is -2.40. The van der Waals surface area contributed by atoms with E-state index < -0.39 is 12.0 Å². The van der Waals surface area contributed by atoms with Crippen LogP contribution >= 0.6 is 11.3 Å². The van der Waals surface area contributed by atoms with Crippen molar-refractivity contribution in [1.29, 1.82) is 0 Å². The van der Waals surface area contributed by atoms with Crippen molar-refractivity contribution < 1.29 is 23.7 Å². The molecule has 0 amide bonds. The minimum atomic E-state index is -0.672. The number of rotatable bonds is 11. The van der Waals surface area contributed by atoms with Gasteiger partial charge in [-0.3, -0.25) is 9.36 Å². The Kier molecular flexibility index (Phi) is 9.60. The van der Waals surface area contributed by atoms with E-state index in [2.05, 4.69) is 18.8 Å². The molecule has 1 aliphatic heterocycles. The van der Waals surface area contributed by atoms with E-state index in [-0.39, 0.29) is 18.8 Å². The number of carbonyl (C=O) groups is 1. The third-order valence-corrected chi connectivity index (χ3v) is 7.61. The number of methoxy groups -OCH3 is 2. The van der Waals surface area contributed by atoms with Gasteiger partial charge < -0.3 is 18.9 Å². The molecule has 0 fully saturated rings. The van der Waals surface area contributed by atoms with Crippen molar-refractivity contribution >= 4 is 23.4 Å². The molecule has 212 valence electrons. The first-order valence-electron chi connectivity index (χ1n) is 13.4. The molecule has 9 heteroatoms. The smallest absolute Gasteiger partial charge is 0.338 e. The molecule has 1 atom stereocenters. The molecule has 1 aromatic heterocycles. The number of nitrogens with zero attached hydrogens (tertiary/aromatic N) is 2. The highest BCUT2D eigenvalue weighted by Gasteiger charge is 2.33. The molecule has 3 aromatic rings. The van der Waals surface area contributed by atoms with Gasteiger partial charge in [-0.1, -0.05) is 62.4 Å². The van der Waals surface area contributed by atoms with Crippen LogP contribution in [0.5, 0.6) is 11.5 Å². The van der Waals surface area contributed by atoms with Gasteiger partial charge in [0.05, 0.1) is 42.2 Å². The summed E-state index contributed by atoms with van der Waals surface area (Å²) < 4.78 is 23.9. The summed E-state index contributed by atoms with van der Waals surface area (Å²) in [4.78, 5) is 32.4. The molecule has 2 heterocycles. The van der Waals surface area contributed by atoms with E-state index in [1.54, 1.807) is 25.7 Å². The molecular formula is C31H36N2O6S. The van der Waals surface area contributed by atoms with Crippen LogP contribution in [-0.2, 0) is 14.3 Å². The van der Waals surface area contributed by atoms with E-state index in [0.29, 0.717) is 44.6 Å². The first-order valence-corrected chi connectivity index (χ1v) is 14.2. The van der Waals surface area contributed by atoms with Crippen molar-refractivity contribution in [3.05, 3.63) is 90.1 Å². The van der Waals surface area contributed by atoms with Gasteiger partial charge in [0.25, 0.3) is 5.56 Å². The van der Waals surface area contributed by atoms with Gasteiger partial charge >= 0.3 is 5.97 Å². The fraction of sp³-hybridized carbons (Fsp3) is 0.387. The van der Waals surface area contributed by atoms with Crippen LogP contribution in [-0.4, -0.2) is 44.6 Å². The zero-order valence-corrected chi connectivity index (χ0v) is 24.7. The maximum absolute atomic E-state index is 13.9. The molecule has 0 radical (unpaired) electrons. The molecule has 4 rings (SSSR count). The van der Waals surface area contributed by atoms with Crippen LogP contribution in [0, 0.1) is 0 Å². The Morgan fingerprint density at radius 1 is 1.07 bits per heavy atom. The summed E-state index contributed by atoms with van der Waals surface area (Å²) in [5.41, 5.74) is 3.39. The summed E-state index contributed by atoms with van der Waals surface area (Å²) in [7, 11) is 3.14. The molecule has 1 unspecified atom stereocenters. The van der Waals surface area contributed by atoms with Gasteiger partial charge in [0.2, 0.25) is 0 Å². The van der Waals surface area contributed by atoms with E-state index in [1.807, 2.05) is 55.5 Å². The number of esters is 1. The third-order valence-electron chi connectivity index (χ3n) is 6.63. The van der Waals surface area contributed by atoms with Crippen LogP contribution in [0.1, 0.15) is 62.8 Å². The van der Waals surface area contributed by atoms with Crippen LogP contribution in [0.2, 0.25) is 0 Å². The topological polar surface area (TPSA) is 88.4 Å². The first kappa shape index (κ1) is 29.3. The average Bonchev–Trinajstić information content (AvgIpc) is 3.25. The Morgan fingerprint density at radius 2 is 1.82 bits per heavy atom. The van der Waals surface area contributed by atoms with Gasteiger partial charge in [0, 0.05) is 7.11 Å². The molecule has 0 N–H and O–H groups in total. The highest BCUT2D eigenvalue weighted by atomic mass is 32.1. The lowest BCUT2D eigenvalue weighted by molar-refractivity contribution is -0.140. The van der Waals surface area contributed by atoms with E-state index >= 15 is 0 Å². The van der Waals surface area contributed by atoms with Gasteiger partial charge in [0.15, 0.2) is 16.3 Å². The maximum atomic E-state index is 13.9. The third kappa shape index (κ3) is 6.21. The van der Waals surface area contributed by atoms with Crippen molar-refractivity contribution in [2.75, 3.05) is 34.0 Å². The predicted octanol–water partition coefficient (Wildman–Crippen LogP) is 4.35. The standard InChI is InChI=1S/C31H36N2O6S/c1-7-14-38-24-13-8-21(17-25(24)37-6)18-26-29(34)33-28(23-11-9-22(10-12-23)19(2)3)27(20(4)32-31(33)40-26)30(35)39-16-15-36-5/h8-13,17-19,28H,7,14-16H2,1-6H3. The Balaban J connectivity index is 1.83. The molecule has 0 bridgehead atoms. The number of hydrogen-bond donors (Lipinski definition) is 0. The van der Waals surface area contributed by atoms with Gasteiger partial charge in [-0.15, -0.1) is 0 Å². The monoisotopic (exact) mass is 564 g/mol. The lowest BCUT2D eigenvalue weighted by Gasteiger charge is -2.25. The molecule has 1 aliphatic rings. The summed E-state index contributed by atoms with van der Waals surface area (Å²) in [5, 5.41) is 0. The number of allylic oxidation sites excluding steroid dienone is 1. The van der Waals surface area contributed by atoms with Crippen LogP contribution in [0.3, 0.4) is 0 Å². The molecule has 2 aromatic carbocycles. The van der Waals surface area contributed by atoms with Crippen LogP contribution in [0.4, 0.5) is 0 Å². The predicted molar refractivity (Wildman–Crippen MR) is 156 cm³/mol. The van der Waals surface area contributed by atoms with Crippen molar-refractivity contribution in [2.45, 2.75) is 46.1 Å². The summed E-state index contributed by atoms with van der Waals surface area (Å²) in [6.45, 7) is 9.03. The van der Waals surface area contributed by atoms with Crippen molar-refractivity contribution in [2.24, 2.45) is 4.99 Å². The minimum Gasteiger partial charge on any atom is -0.493 e. The SMILES string of the molecule is CCCOc1ccc(C=c2sc3n(c2=O)C(c2ccc(C(C)C)cc2)C(C(=O)OCCOC)=C(C)N=3)cc1OC. The van der Waals surface area contributed by atoms with Crippen LogP contribution in [0.25, 0.3) is 6.08 Å². The van der Waals surface area contributed by atoms with Gasteiger partial charge in [-0.25, -0.2) is 9.79 Å². The van der Waals surface area contributed by atoms with E-state index in [1.165, 1.54) is 16.9 Å². The Bertz CT molecular complexity index is 1570. The average molecular weight is 565 g/mol. The Labute approximate surface area is 238 Å². The normalized spacial score (nSPS) is 15.2. The number of thiazole rings is 1. The quantitative estimate of drug-likeness (QED) is 0.254. The largest absolute Gasteiger partial charge is 0.493 e. The van der Waals surface area contributed by atoms with E-state index in [0.717, 1.165) is 17.5 Å². The minimum absolute atomic E-state index is 0.106. The van der Waals surface area contributed by atoms with Crippen molar-refractivity contribution in [3.63, 3.8) is 0 Å². The second-order valence-electron chi connectivity index (χ2n) is 9.79. The zero-order chi connectivity index (χ0) is 28.8. The second kappa shape index (κ2) is 13.1. The highest BCUT2D eigenvalue weighted by Crippen LogP contribution is 2.32. The molecule has 0 spiro atoms. The number of hydrogen-bond acceptors (Lipinski definition) is 8. The molecular weight excluding hydrogens is 528 g/mol. The van der Waals surface area contributed by atoms with E-state index in [9.17, 15) is 9.59 Å². The molecule has 8 nitrogen and oxygen atoms in total. The number of ether oxygens (including phenoxy) is 4. The summed E-state index contributed by atoms with van der Waals surface area (Å²) >= 11 is 1.28. The van der Waals surface area contributed by atoms with Gasteiger partial charge in [0.1, 0.15) is 6.61 Å². The summed E-state index contributed by atoms with van der Waals surface area (Å²) in [5.74, 6) is 1.08. The summed E-state index contributed by atoms with van der Waals surface area (Å²) in [6.07, 6.45) is 2.69. The Hall–Kier alpha value is -3.69. The lowest BCUT2D eigenvalue weighted by atomic mass is 9.93. The first-order chi connectivity index (χ1) is 19.3. The highest BCUT2D eigenvalue weighted by molar-refractivity contribution is 7.07. The van der Waals surface area contributed by atoms with E-state index in [4.69, 9.17) is 18.9 Å². The fourth-order valence-electron chi connectivity index (χ4n) is 4.51. The molecule has 40 heavy (non-hydrogen) atoms. The second-order valence-corrected chi connectivity index (χ2v) is 10.8. The number of carbonyl (C=O) groups excluding carboxylic acids is 1. The maximum Gasteiger partial charge on any atom is 0.338 e. The molecule has 0 saturated heterocycles. The van der Waals surface area contributed by atoms with Crippen molar-refractivity contribution in [1.82, 2.24) is 4.57 Å². The Morgan fingerprint density at radius 3 is 2.48 bits per heavy atom. The van der Waals surface area contributed by atoms with Crippen LogP contribution in [0.15, 0.2) is 63.5 Å². The fourth-order valence-corrected chi connectivity index (χ4v) is 5.56. The van der Waals surface area contributed by atoms with Crippen molar-refractivity contribution in [3.8, 4) is 11.5 Å². The van der Waals surface area contributed by atoms with Crippen LogP contribution < -0.4 is 24.4 Å². The molecule has 0 saturated carbocycles. The van der Waals surface area contributed by atoms with Gasteiger partial charge in [-0.05, 0) is 54.2 Å². The summed E-state index contributed by atoms with van der Waals surface area (Å²) in [6, 6.07) is 12.9. The number of aromatic nitrogens is 1. The number of fused-ring (bicyclic) bond motifs is 1.